The third-order valence-corrected chi connectivity index (χ3v) is 6.23. The molecule has 1 aromatic carbocycles. The van der Waals surface area contributed by atoms with Crippen LogP contribution in [0.5, 0.6) is 0 Å². The molecule has 0 bridgehead atoms. The van der Waals surface area contributed by atoms with Crippen molar-refractivity contribution in [3.05, 3.63) is 40.4 Å². The third kappa shape index (κ3) is 3.57. The molecule has 0 aromatic heterocycles. The highest BCUT2D eigenvalue weighted by Crippen LogP contribution is 2.34. The molecule has 0 aliphatic carbocycles. The van der Waals surface area contributed by atoms with Crippen LogP contribution in [0.1, 0.15) is 18.9 Å². The van der Waals surface area contributed by atoms with Crippen LogP contribution in [0.3, 0.4) is 0 Å². The average Bonchev–Trinajstić information content (AvgIpc) is 2.76. The maximum atomic E-state index is 12.7. The molecule has 0 radical (unpaired) electrons. The number of urea groups is 1. The normalized spacial score (nSPS) is 20.0. The summed E-state index contributed by atoms with van der Waals surface area (Å²) < 4.78 is 29.3. The summed E-state index contributed by atoms with van der Waals surface area (Å²) >= 11 is 6.02. The first kappa shape index (κ1) is 18.7. The van der Waals surface area contributed by atoms with Crippen LogP contribution >= 0.6 is 11.6 Å². The summed E-state index contributed by atoms with van der Waals surface area (Å²) in [5.74, 6) is 0.457. The predicted octanol–water partition coefficient (Wildman–Crippen LogP) is 2.16. The summed E-state index contributed by atoms with van der Waals surface area (Å²) in [5, 5.41) is 3.10. The number of hydrogen-bond acceptors (Lipinski definition) is 4. The highest BCUT2D eigenvalue weighted by molar-refractivity contribution is 8.00. The van der Waals surface area contributed by atoms with Crippen LogP contribution in [-0.2, 0) is 10.0 Å². The van der Waals surface area contributed by atoms with E-state index in [4.69, 9.17) is 11.6 Å². The number of amides is 2. The van der Waals surface area contributed by atoms with Gasteiger partial charge in [-0.15, -0.1) is 4.40 Å². The van der Waals surface area contributed by atoms with Crippen LogP contribution in [0.25, 0.3) is 4.91 Å². The van der Waals surface area contributed by atoms with Crippen LogP contribution in [0.15, 0.2) is 34.2 Å². The van der Waals surface area contributed by atoms with Crippen LogP contribution in [0, 0.1) is 0 Å². The number of carbonyl (C=O) groups is 1. The molecule has 0 unspecified atom stereocenters. The minimum Gasteiger partial charge on any atom is -0.354 e. The molecule has 2 aliphatic heterocycles. The molecule has 2 heterocycles. The minimum absolute atomic E-state index is 0.125. The monoisotopic (exact) mass is 396 g/mol. The Bertz CT molecular complexity index is 895. The van der Waals surface area contributed by atoms with Crippen molar-refractivity contribution < 1.29 is 13.2 Å². The van der Waals surface area contributed by atoms with Gasteiger partial charge >= 0.3 is 6.03 Å². The number of benzene rings is 1. The van der Waals surface area contributed by atoms with E-state index in [0.717, 1.165) is 6.42 Å². The highest BCUT2D eigenvalue weighted by Gasteiger charge is 2.34. The van der Waals surface area contributed by atoms with Crippen LogP contribution < -0.4 is 5.32 Å². The fraction of sp³-hybridized carbons (Fsp3) is 0.412. The van der Waals surface area contributed by atoms with Gasteiger partial charge in [0.25, 0.3) is 10.0 Å². The Hall–Kier alpha value is -2.06. The number of halogens is 1. The lowest BCUT2D eigenvalue weighted by atomic mass is 10.1. The molecule has 0 atom stereocenters. The van der Waals surface area contributed by atoms with Crippen LogP contribution in [0.4, 0.5) is 4.79 Å². The van der Waals surface area contributed by atoms with Gasteiger partial charge in [0.2, 0.25) is 0 Å². The number of carbonyl (C=O) groups excluding carboxylic acids is 1. The van der Waals surface area contributed by atoms with Gasteiger partial charge in [0.15, 0.2) is 0 Å². The van der Waals surface area contributed by atoms with Gasteiger partial charge in [-0.2, -0.15) is 8.42 Å². The van der Waals surface area contributed by atoms with Gasteiger partial charge < -0.3 is 15.1 Å². The highest BCUT2D eigenvalue weighted by atomic mass is 35.5. The summed E-state index contributed by atoms with van der Waals surface area (Å²) in [6.45, 7) is 4.07. The van der Waals surface area contributed by atoms with E-state index in [2.05, 4.69) is 9.71 Å². The molecule has 1 fully saturated rings. The smallest absolute Gasteiger partial charge is 0.317 e. The summed E-state index contributed by atoms with van der Waals surface area (Å²) in [5.41, 5.74) is 1.15. The number of amidine groups is 1. The summed E-state index contributed by atoms with van der Waals surface area (Å²) in [4.78, 5) is 15.7. The van der Waals surface area contributed by atoms with E-state index in [-0.39, 0.29) is 10.9 Å². The van der Waals surface area contributed by atoms with Gasteiger partial charge in [-0.25, -0.2) is 4.79 Å². The zero-order chi connectivity index (χ0) is 18.9. The van der Waals surface area contributed by atoms with Gasteiger partial charge in [0.1, 0.15) is 10.7 Å². The molecule has 9 heteroatoms. The summed E-state index contributed by atoms with van der Waals surface area (Å²) in [6, 6.07) is 6.65. The largest absolute Gasteiger partial charge is 0.354 e. The molecular formula is C17H21ClN4O3S. The van der Waals surface area contributed by atoms with E-state index in [9.17, 15) is 13.2 Å². The third-order valence-electron chi connectivity index (χ3n) is 4.52. The molecular weight excluding hydrogens is 376 g/mol. The number of sulfonamides is 1. The van der Waals surface area contributed by atoms with E-state index in [1.165, 1.54) is 0 Å². The standard InChI is InChI=1S/C17H21ClN4O3S/c1-12-15(13-5-3-6-14(18)11-13)26(24,25)20-16(12)21-7-4-8-22(10-9-21)17(23)19-2/h3,5-6,11H,4,7-10H2,1-2H3,(H,19,23). The second-order valence-corrected chi connectivity index (χ2v) is 8.21. The zero-order valence-electron chi connectivity index (χ0n) is 14.7. The van der Waals surface area contributed by atoms with Crippen molar-refractivity contribution in [1.82, 2.24) is 15.1 Å². The molecule has 3 rings (SSSR count). The molecule has 26 heavy (non-hydrogen) atoms. The molecule has 140 valence electrons. The fourth-order valence-corrected chi connectivity index (χ4v) is 4.97. The predicted molar refractivity (Wildman–Crippen MR) is 103 cm³/mol. The van der Waals surface area contributed by atoms with Crippen molar-refractivity contribution in [2.45, 2.75) is 13.3 Å². The Labute approximate surface area is 158 Å². The molecule has 0 saturated carbocycles. The van der Waals surface area contributed by atoms with Gasteiger partial charge in [-0.3, -0.25) is 0 Å². The maximum Gasteiger partial charge on any atom is 0.317 e. The quantitative estimate of drug-likeness (QED) is 0.788. The number of hydrogen-bond donors (Lipinski definition) is 1. The Balaban J connectivity index is 1.90. The van der Waals surface area contributed by atoms with Crippen molar-refractivity contribution >= 4 is 38.4 Å². The van der Waals surface area contributed by atoms with E-state index >= 15 is 0 Å². The van der Waals surface area contributed by atoms with Crippen molar-refractivity contribution in [1.29, 1.82) is 0 Å². The van der Waals surface area contributed by atoms with E-state index < -0.39 is 10.0 Å². The molecule has 1 saturated heterocycles. The van der Waals surface area contributed by atoms with E-state index in [1.807, 2.05) is 4.90 Å². The Morgan fingerprint density at radius 1 is 1.23 bits per heavy atom. The first-order valence-corrected chi connectivity index (χ1v) is 10.2. The van der Waals surface area contributed by atoms with Crippen molar-refractivity contribution in [2.24, 2.45) is 4.40 Å². The lowest BCUT2D eigenvalue weighted by Crippen LogP contribution is -2.41. The van der Waals surface area contributed by atoms with Gasteiger partial charge in [0.05, 0.1) is 0 Å². The molecule has 2 aliphatic rings. The van der Waals surface area contributed by atoms with Crippen molar-refractivity contribution in [3.63, 3.8) is 0 Å². The fourth-order valence-electron chi connectivity index (χ4n) is 3.30. The van der Waals surface area contributed by atoms with Crippen LogP contribution in [0.2, 0.25) is 5.02 Å². The molecule has 1 aromatic rings. The molecule has 2 amide bonds. The van der Waals surface area contributed by atoms with Gasteiger partial charge in [-0.05, 0) is 31.0 Å². The SMILES string of the molecule is CNC(=O)N1CCCN(C2=NS(=O)(=O)C(c3cccc(Cl)c3)=C2C)CC1. The van der Waals surface area contributed by atoms with Crippen molar-refractivity contribution in [2.75, 3.05) is 33.2 Å². The summed E-state index contributed by atoms with van der Waals surface area (Å²) in [6.07, 6.45) is 0.742. The minimum atomic E-state index is -3.78. The molecule has 1 N–H and O–H groups in total. The van der Waals surface area contributed by atoms with E-state index in [1.54, 1.807) is 43.1 Å². The Morgan fingerprint density at radius 3 is 2.69 bits per heavy atom. The van der Waals surface area contributed by atoms with E-state index in [0.29, 0.717) is 48.2 Å². The number of rotatable bonds is 1. The second-order valence-electron chi connectivity index (χ2n) is 6.24. The lowest BCUT2D eigenvalue weighted by Gasteiger charge is -2.23. The van der Waals surface area contributed by atoms with Gasteiger partial charge in [0, 0.05) is 43.8 Å². The molecule has 0 spiro atoms. The number of nitrogens with one attached hydrogen (secondary N) is 1. The molecule has 7 nitrogen and oxygen atoms in total. The zero-order valence-corrected chi connectivity index (χ0v) is 16.3. The van der Waals surface area contributed by atoms with Crippen LogP contribution in [-0.4, -0.2) is 63.3 Å². The topological polar surface area (TPSA) is 82.1 Å². The van der Waals surface area contributed by atoms with Crippen molar-refractivity contribution in [3.8, 4) is 0 Å². The maximum absolute atomic E-state index is 12.7. The van der Waals surface area contributed by atoms with Gasteiger partial charge in [-0.1, -0.05) is 23.7 Å². The number of nitrogens with zero attached hydrogens (tertiary/aromatic N) is 3. The first-order chi connectivity index (χ1) is 12.3. The Morgan fingerprint density at radius 2 is 2.00 bits per heavy atom. The Kier molecular flexibility index (Phi) is 5.24. The second kappa shape index (κ2) is 7.28. The average molecular weight is 397 g/mol. The first-order valence-electron chi connectivity index (χ1n) is 8.37. The summed E-state index contributed by atoms with van der Waals surface area (Å²) in [7, 11) is -2.18. The lowest BCUT2D eigenvalue weighted by molar-refractivity contribution is 0.202.